The number of hydrogen-bond donors (Lipinski definition) is 1. The van der Waals surface area contributed by atoms with Gasteiger partial charge in [-0.15, -0.1) is 0 Å². The fourth-order valence-electron chi connectivity index (χ4n) is 2.06. The second-order valence-corrected chi connectivity index (χ2v) is 5.33. The van der Waals surface area contributed by atoms with Crippen molar-refractivity contribution in [2.24, 2.45) is 5.92 Å². The maximum Gasteiger partial charge on any atom is 0.0673 e. The minimum atomic E-state index is -0.571. The molecule has 2 heterocycles. The monoisotopic (exact) mass is 226 g/mol. The predicted molar refractivity (Wildman–Crippen MR) is 62.2 cm³/mol. The van der Waals surface area contributed by atoms with Crippen LogP contribution in [0.25, 0.3) is 0 Å². The quantitative estimate of drug-likeness (QED) is 0.854. The fraction of sp³-hybridized carbons (Fsp3) is 0.667. The predicted octanol–water partition coefficient (Wildman–Crippen LogP) is 2.47. The molecule has 2 unspecified atom stereocenters. The number of hydrogen-bond acceptors (Lipinski definition) is 3. The number of aliphatic hydroxyl groups is 1. The van der Waals surface area contributed by atoms with Crippen LogP contribution in [-0.4, -0.2) is 23.9 Å². The van der Waals surface area contributed by atoms with Crippen molar-refractivity contribution in [1.29, 1.82) is 0 Å². The molecule has 1 aromatic heterocycles. The number of ether oxygens (including phenoxy) is 1. The molecule has 1 saturated heterocycles. The van der Waals surface area contributed by atoms with Crippen molar-refractivity contribution in [2.75, 3.05) is 13.2 Å². The van der Waals surface area contributed by atoms with E-state index in [1.54, 1.807) is 11.3 Å². The molecule has 0 aromatic carbocycles. The highest BCUT2D eigenvalue weighted by molar-refractivity contribution is 7.07. The lowest BCUT2D eigenvalue weighted by Gasteiger charge is -2.28. The Hall–Kier alpha value is -0.380. The Morgan fingerprint density at radius 1 is 1.67 bits per heavy atom. The molecule has 0 spiro atoms. The molecule has 0 amide bonds. The molecular weight excluding hydrogens is 208 g/mol. The van der Waals surface area contributed by atoms with Crippen molar-refractivity contribution >= 4 is 11.3 Å². The van der Waals surface area contributed by atoms with Crippen molar-refractivity contribution in [1.82, 2.24) is 0 Å². The normalized spacial score (nSPS) is 25.3. The molecule has 1 fully saturated rings. The molecule has 1 aliphatic rings. The average molecular weight is 226 g/mol. The molecule has 0 bridgehead atoms. The first-order valence-corrected chi connectivity index (χ1v) is 6.44. The van der Waals surface area contributed by atoms with Crippen molar-refractivity contribution in [2.45, 2.75) is 31.8 Å². The van der Waals surface area contributed by atoms with E-state index in [9.17, 15) is 5.11 Å². The van der Waals surface area contributed by atoms with Gasteiger partial charge in [0.1, 0.15) is 0 Å². The number of thiophene rings is 1. The summed E-state index contributed by atoms with van der Waals surface area (Å²) >= 11 is 1.72. The molecule has 0 aliphatic carbocycles. The van der Waals surface area contributed by atoms with Crippen LogP contribution in [-0.2, 0) is 11.2 Å². The molecule has 2 nitrogen and oxygen atoms in total. The number of rotatable bonds is 4. The van der Waals surface area contributed by atoms with Gasteiger partial charge in [0, 0.05) is 12.5 Å². The van der Waals surface area contributed by atoms with Gasteiger partial charge >= 0.3 is 0 Å². The van der Waals surface area contributed by atoms with Crippen LogP contribution in [0.4, 0.5) is 0 Å². The standard InChI is InChI=1S/C12H18O2S/c1-12(13,11-3-6-14-8-11)5-2-10-4-7-15-9-10/h4,7,9,11,13H,2-3,5-6,8H2,1H3. The van der Waals surface area contributed by atoms with E-state index in [0.717, 1.165) is 32.5 Å². The minimum Gasteiger partial charge on any atom is -0.390 e. The third-order valence-electron chi connectivity index (χ3n) is 3.31. The van der Waals surface area contributed by atoms with Gasteiger partial charge in [-0.25, -0.2) is 0 Å². The SMILES string of the molecule is CC(O)(CCc1ccsc1)C1CCOC1. The zero-order valence-electron chi connectivity index (χ0n) is 9.11. The summed E-state index contributed by atoms with van der Waals surface area (Å²) < 4.78 is 5.32. The zero-order valence-corrected chi connectivity index (χ0v) is 9.93. The van der Waals surface area contributed by atoms with Crippen LogP contribution in [0.15, 0.2) is 16.8 Å². The first-order chi connectivity index (χ1) is 7.18. The van der Waals surface area contributed by atoms with Crippen LogP contribution in [0.2, 0.25) is 0 Å². The van der Waals surface area contributed by atoms with E-state index in [1.807, 2.05) is 6.92 Å². The Morgan fingerprint density at radius 2 is 2.53 bits per heavy atom. The van der Waals surface area contributed by atoms with E-state index >= 15 is 0 Å². The smallest absolute Gasteiger partial charge is 0.0673 e. The molecule has 84 valence electrons. The zero-order chi connectivity index (χ0) is 10.7. The Kier molecular flexibility index (Phi) is 3.44. The summed E-state index contributed by atoms with van der Waals surface area (Å²) in [6.07, 6.45) is 2.79. The summed E-state index contributed by atoms with van der Waals surface area (Å²) in [7, 11) is 0. The van der Waals surface area contributed by atoms with Crippen LogP contribution in [0.3, 0.4) is 0 Å². The van der Waals surface area contributed by atoms with E-state index in [-0.39, 0.29) is 0 Å². The Morgan fingerprint density at radius 3 is 3.13 bits per heavy atom. The molecule has 0 radical (unpaired) electrons. The first-order valence-electron chi connectivity index (χ1n) is 5.50. The first kappa shape index (κ1) is 11.1. The van der Waals surface area contributed by atoms with Gasteiger partial charge in [-0.1, -0.05) is 0 Å². The lowest BCUT2D eigenvalue weighted by atomic mass is 9.84. The largest absolute Gasteiger partial charge is 0.390 e. The highest BCUT2D eigenvalue weighted by Gasteiger charge is 2.34. The van der Waals surface area contributed by atoms with Gasteiger partial charge in [0.2, 0.25) is 0 Å². The molecule has 1 N–H and O–H groups in total. The average Bonchev–Trinajstić information content (AvgIpc) is 2.88. The molecule has 2 atom stereocenters. The fourth-order valence-corrected chi connectivity index (χ4v) is 2.76. The molecule has 3 heteroatoms. The minimum absolute atomic E-state index is 0.316. The molecule has 15 heavy (non-hydrogen) atoms. The highest BCUT2D eigenvalue weighted by Crippen LogP contribution is 2.29. The van der Waals surface area contributed by atoms with Crippen LogP contribution in [0.5, 0.6) is 0 Å². The van der Waals surface area contributed by atoms with Gasteiger partial charge in [-0.2, -0.15) is 11.3 Å². The maximum absolute atomic E-state index is 10.3. The second-order valence-electron chi connectivity index (χ2n) is 4.55. The van der Waals surface area contributed by atoms with Gasteiger partial charge in [0.25, 0.3) is 0 Å². The van der Waals surface area contributed by atoms with Gasteiger partial charge in [0.15, 0.2) is 0 Å². The summed E-state index contributed by atoms with van der Waals surface area (Å²) in [6.45, 7) is 3.47. The summed E-state index contributed by atoms with van der Waals surface area (Å²) in [6, 6.07) is 2.13. The third kappa shape index (κ3) is 2.80. The van der Waals surface area contributed by atoms with Gasteiger partial charge < -0.3 is 9.84 Å². The van der Waals surface area contributed by atoms with Crippen molar-refractivity contribution < 1.29 is 9.84 Å². The van der Waals surface area contributed by atoms with Crippen molar-refractivity contribution in [3.05, 3.63) is 22.4 Å². The van der Waals surface area contributed by atoms with E-state index in [4.69, 9.17) is 4.74 Å². The molecule has 2 rings (SSSR count). The van der Waals surface area contributed by atoms with Crippen molar-refractivity contribution in [3.8, 4) is 0 Å². The summed E-state index contributed by atoms with van der Waals surface area (Å²) in [5.74, 6) is 0.316. The second kappa shape index (κ2) is 4.64. The van der Waals surface area contributed by atoms with E-state index < -0.39 is 5.60 Å². The lowest BCUT2D eigenvalue weighted by Crippen LogP contribution is -2.35. The van der Waals surface area contributed by atoms with Gasteiger partial charge in [0.05, 0.1) is 12.2 Å². The Balaban J connectivity index is 1.86. The third-order valence-corrected chi connectivity index (χ3v) is 4.04. The van der Waals surface area contributed by atoms with Crippen LogP contribution < -0.4 is 0 Å². The summed E-state index contributed by atoms with van der Waals surface area (Å²) in [5.41, 5.74) is 0.762. The summed E-state index contributed by atoms with van der Waals surface area (Å²) in [5, 5.41) is 14.6. The molecule has 1 aromatic rings. The van der Waals surface area contributed by atoms with E-state index in [2.05, 4.69) is 16.8 Å². The van der Waals surface area contributed by atoms with Gasteiger partial charge in [-0.05, 0) is 48.6 Å². The lowest BCUT2D eigenvalue weighted by molar-refractivity contribution is -0.0119. The molecule has 1 aliphatic heterocycles. The molecule has 0 saturated carbocycles. The van der Waals surface area contributed by atoms with Crippen LogP contribution in [0, 0.1) is 5.92 Å². The van der Waals surface area contributed by atoms with E-state index in [1.165, 1.54) is 5.56 Å². The molecular formula is C12H18O2S. The summed E-state index contributed by atoms with van der Waals surface area (Å²) in [4.78, 5) is 0. The maximum atomic E-state index is 10.3. The number of aryl methyl sites for hydroxylation is 1. The van der Waals surface area contributed by atoms with Crippen LogP contribution in [0.1, 0.15) is 25.3 Å². The van der Waals surface area contributed by atoms with Crippen molar-refractivity contribution in [3.63, 3.8) is 0 Å². The van der Waals surface area contributed by atoms with Crippen LogP contribution >= 0.6 is 11.3 Å². The van der Waals surface area contributed by atoms with E-state index in [0.29, 0.717) is 5.92 Å². The Labute approximate surface area is 94.9 Å². The Bertz CT molecular complexity index is 287. The van der Waals surface area contributed by atoms with Gasteiger partial charge in [-0.3, -0.25) is 0 Å². The highest BCUT2D eigenvalue weighted by atomic mass is 32.1. The topological polar surface area (TPSA) is 29.5 Å².